The van der Waals surface area contributed by atoms with Crippen molar-refractivity contribution in [3.63, 3.8) is 0 Å². The smallest absolute Gasteiger partial charge is 0.257 e. The lowest BCUT2D eigenvalue weighted by atomic mass is 10.1. The average molecular weight is 367 g/mol. The summed E-state index contributed by atoms with van der Waals surface area (Å²) >= 11 is 3.34. The first kappa shape index (κ1) is 16.4. The monoisotopic (exact) mass is 366 g/mol. The van der Waals surface area contributed by atoms with Gasteiger partial charge in [-0.3, -0.25) is 4.79 Å². The van der Waals surface area contributed by atoms with Crippen LogP contribution in [0.5, 0.6) is 11.5 Å². The molecule has 0 saturated heterocycles. The highest BCUT2D eigenvalue weighted by Crippen LogP contribution is 2.29. The molecule has 0 unspecified atom stereocenters. The summed E-state index contributed by atoms with van der Waals surface area (Å²) in [5, 5.41) is 0. The average Bonchev–Trinajstić information content (AvgIpc) is 2.52. The Labute approximate surface area is 137 Å². The summed E-state index contributed by atoms with van der Waals surface area (Å²) < 4.78 is 19.9. The Balaban J connectivity index is 2.40. The Bertz CT molecular complexity index is 675. The van der Waals surface area contributed by atoms with Crippen LogP contribution in [-0.2, 0) is 0 Å². The fraction of sp³-hybridized carbons (Fsp3) is 0.250. The van der Waals surface area contributed by atoms with Gasteiger partial charge < -0.3 is 9.64 Å². The molecule has 1 amide bonds. The second kappa shape index (κ2) is 7.35. The van der Waals surface area contributed by atoms with E-state index in [1.807, 2.05) is 13.8 Å². The fourth-order valence-corrected chi connectivity index (χ4v) is 2.37. The molecule has 2 rings (SSSR count). The predicted molar refractivity (Wildman–Crippen MR) is 85.7 cm³/mol. The Morgan fingerprint density at radius 1 is 1.27 bits per heavy atom. The third-order valence-electron chi connectivity index (χ3n) is 3.17. The van der Waals surface area contributed by atoms with Crippen LogP contribution in [-0.4, -0.2) is 28.9 Å². The Morgan fingerprint density at radius 2 is 2.00 bits per heavy atom. The minimum Gasteiger partial charge on any atom is -0.452 e. The van der Waals surface area contributed by atoms with Gasteiger partial charge in [0, 0.05) is 23.8 Å². The van der Waals surface area contributed by atoms with Crippen LogP contribution >= 0.6 is 15.9 Å². The quantitative estimate of drug-likeness (QED) is 0.742. The molecule has 116 valence electrons. The third kappa shape index (κ3) is 3.62. The first-order chi connectivity index (χ1) is 10.6. The van der Waals surface area contributed by atoms with Crippen molar-refractivity contribution in [1.29, 1.82) is 0 Å². The molecule has 0 radical (unpaired) electrons. The topological polar surface area (TPSA) is 42.4 Å². The first-order valence-electron chi connectivity index (χ1n) is 6.94. The molecule has 1 aromatic heterocycles. The molecular weight excluding hydrogens is 351 g/mol. The van der Waals surface area contributed by atoms with E-state index in [-0.39, 0.29) is 11.7 Å². The van der Waals surface area contributed by atoms with E-state index in [1.54, 1.807) is 29.2 Å². The lowest BCUT2D eigenvalue weighted by Gasteiger charge is -2.20. The summed E-state index contributed by atoms with van der Waals surface area (Å²) in [7, 11) is 0. The van der Waals surface area contributed by atoms with E-state index < -0.39 is 5.95 Å². The van der Waals surface area contributed by atoms with Gasteiger partial charge in [0.1, 0.15) is 5.75 Å². The minimum absolute atomic E-state index is 0.0154. The van der Waals surface area contributed by atoms with E-state index in [0.717, 1.165) is 4.47 Å². The number of halogens is 2. The molecule has 0 N–H and O–H groups in total. The first-order valence-corrected chi connectivity index (χ1v) is 7.73. The van der Waals surface area contributed by atoms with Crippen molar-refractivity contribution in [2.45, 2.75) is 13.8 Å². The van der Waals surface area contributed by atoms with E-state index in [1.165, 1.54) is 12.3 Å². The minimum atomic E-state index is -0.716. The summed E-state index contributed by atoms with van der Waals surface area (Å²) in [5.74, 6) is -0.595. The number of carbonyl (C=O) groups is 1. The van der Waals surface area contributed by atoms with E-state index in [2.05, 4.69) is 20.9 Å². The van der Waals surface area contributed by atoms with E-state index in [4.69, 9.17) is 4.74 Å². The van der Waals surface area contributed by atoms with Crippen LogP contribution in [0.2, 0.25) is 0 Å². The Kier molecular flexibility index (Phi) is 5.49. The lowest BCUT2D eigenvalue weighted by Crippen LogP contribution is -2.30. The number of hydrogen-bond acceptors (Lipinski definition) is 3. The highest BCUT2D eigenvalue weighted by Gasteiger charge is 2.19. The largest absolute Gasteiger partial charge is 0.452 e. The van der Waals surface area contributed by atoms with Crippen molar-refractivity contribution >= 4 is 21.8 Å². The van der Waals surface area contributed by atoms with Crippen LogP contribution in [0.25, 0.3) is 0 Å². The maximum atomic E-state index is 13.6. The highest BCUT2D eigenvalue weighted by atomic mass is 79.9. The molecule has 2 aromatic rings. The molecule has 0 atom stereocenters. The molecule has 0 bridgehead atoms. The molecule has 4 nitrogen and oxygen atoms in total. The number of hydrogen-bond donors (Lipinski definition) is 0. The van der Waals surface area contributed by atoms with Gasteiger partial charge >= 0.3 is 0 Å². The van der Waals surface area contributed by atoms with Crippen LogP contribution in [0.3, 0.4) is 0 Å². The lowest BCUT2D eigenvalue weighted by molar-refractivity contribution is 0.0770. The normalized spacial score (nSPS) is 10.4. The van der Waals surface area contributed by atoms with E-state index in [0.29, 0.717) is 24.4 Å². The van der Waals surface area contributed by atoms with Gasteiger partial charge in [-0.1, -0.05) is 15.9 Å². The number of rotatable bonds is 5. The Morgan fingerprint density at radius 3 is 2.64 bits per heavy atom. The SMILES string of the molecule is CCN(CC)C(=O)c1cc(Br)ccc1Oc1cccnc1F. The third-order valence-corrected chi connectivity index (χ3v) is 3.66. The van der Waals surface area contributed by atoms with Crippen LogP contribution < -0.4 is 4.74 Å². The van der Waals surface area contributed by atoms with Gasteiger partial charge in [-0.25, -0.2) is 4.98 Å². The number of carbonyl (C=O) groups excluding carboxylic acids is 1. The van der Waals surface area contributed by atoms with Crippen LogP contribution in [0.1, 0.15) is 24.2 Å². The molecule has 0 spiro atoms. The standard InChI is InChI=1S/C16H16BrFN2O2/c1-3-20(4-2)16(21)12-10-11(17)7-8-13(12)22-14-6-5-9-19-15(14)18/h5-10H,3-4H2,1-2H3. The highest BCUT2D eigenvalue weighted by molar-refractivity contribution is 9.10. The van der Waals surface area contributed by atoms with Gasteiger partial charge in [-0.05, 0) is 44.2 Å². The summed E-state index contributed by atoms with van der Waals surface area (Å²) in [5.41, 5.74) is 0.376. The van der Waals surface area contributed by atoms with Crippen LogP contribution in [0.4, 0.5) is 4.39 Å². The summed E-state index contributed by atoms with van der Waals surface area (Å²) in [6.45, 7) is 4.98. The number of nitrogens with zero attached hydrogens (tertiary/aromatic N) is 2. The summed E-state index contributed by atoms with van der Waals surface area (Å²) in [4.78, 5) is 17.8. The van der Waals surface area contributed by atoms with Crippen molar-refractivity contribution in [2.24, 2.45) is 0 Å². The van der Waals surface area contributed by atoms with Gasteiger partial charge in [0.05, 0.1) is 5.56 Å². The molecule has 0 fully saturated rings. The molecule has 0 saturated carbocycles. The molecule has 1 aromatic carbocycles. The fourth-order valence-electron chi connectivity index (χ4n) is 2.01. The van der Waals surface area contributed by atoms with Gasteiger partial charge in [0.25, 0.3) is 11.9 Å². The van der Waals surface area contributed by atoms with Crippen LogP contribution in [0, 0.1) is 5.95 Å². The second-order valence-corrected chi connectivity index (χ2v) is 5.43. The summed E-state index contributed by atoms with van der Waals surface area (Å²) in [6.07, 6.45) is 1.34. The second-order valence-electron chi connectivity index (χ2n) is 4.51. The van der Waals surface area contributed by atoms with Gasteiger partial charge in [0.15, 0.2) is 5.75 Å². The van der Waals surface area contributed by atoms with E-state index in [9.17, 15) is 9.18 Å². The molecule has 0 aliphatic heterocycles. The summed E-state index contributed by atoms with van der Waals surface area (Å²) in [6, 6.07) is 8.08. The van der Waals surface area contributed by atoms with Crippen molar-refractivity contribution in [2.75, 3.05) is 13.1 Å². The van der Waals surface area contributed by atoms with Gasteiger partial charge in [-0.15, -0.1) is 0 Å². The number of aromatic nitrogens is 1. The van der Waals surface area contributed by atoms with Gasteiger partial charge in [-0.2, -0.15) is 4.39 Å². The van der Waals surface area contributed by atoms with E-state index >= 15 is 0 Å². The molecule has 22 heavy (non-hydrogen) atoms. The van der Waals surface area contributed by atoms with Crippen molar-refractivity contribution in [1.82, 2.24) is 9.88 Å². The molecule has 1 heterocycles. The van der Waals surface area contributed by atoms with Crippen molar-refractivity contribution in [3.05, 3.63) is 52.5 Å². The maximum absolute atomic E-state index is 13.6. The zero-order chi connectivity index (χ0) is 16.1. The maximum Gasteiger partial charge on any atom is 0.257 e. The molecule has 0 aliphatic carbocycles. The number of ether oxygens (including phenoxy) is 1. The molecular formula is C16H16BrFN2O2. The molecule has 6 heteroatoms. The van der Waals surface area contributed by atoms with Gasteiger partial charge in [0.2, 0.25) is 0 Å². The zero-order valence-corrected chi connectivity index (χ0v) is 13.9. The number of amides is 1. The zero-order valence-electron chi connectivity index (χ0n) is 12.3. The van der Waals surface area contributed by atoms with Crippen molar-refractivity contribution < 1.29 is 13.9 Å². The molecule has 0 aliphatic rings. The Hall–Kier alpha value is -1.95. The van der Waals surface area contributed by atoms with Crippen molar-refractivity contribution in [3.8, 4) is 11.5 Å². The number of pyridine rings is 1. The number of benzene rings is 1. The van der Waals surface area contributed by atoms with Crippen LogP contribution in [0.15, 0.2) is 41.0 Å². The predicted octanol–water partition coefficient (Wildman–Crippen LogP) is 4.26.